The summed E-state index contributed by atoms with van der Waals surface area (Å²) < 4.78 is 5.70. The van der Waals surface area contributed by atoms with Crippen LogP contribution < -0.4 is 5.32 Å². The van der Waals surface area contributed by atoms with Crippen LogP contribution in [0.2, 0.25) is 0 Å². The van der Waals surface area contributed by atoms with Gasteiger partial charge in [-0.25, -0.2) is 4.79 Å². The van der Waals surface area contributed by atoms with Crippen LogP contribution in [0.5, 0.6) is 0 Å². The van der Waals surface area contributed by atoms with Gasteiger partial charge in [-0.3, -0.25) is 9.59 Å². The Kier molecular flexibility index (Phi) is 8.06. The largest absolute Gasteiger partial charge is 0.481 e. The van der Waals surface area contributed by atoms with Gasteiger partial charge in [-0.2, -0.15) is 0 Å². The Balaban J connectivity index is 1.33. The third-order valence-corrected chi connectivity index (χ3v) is 7.18. The summed E-state index contributed by atoms with van der Waals surface area (Å²) in [5.41, 5.74) is 4.71. The van der Waals surface area contributed by atoms with Crippen LogP contribution in [0.25, 0.3) is 11.1 Å². The van der Waals surface area contributed by atoms with Gasteiger partial charge in [-0.15, -0.1) is 0 Å². The number of alkyl carbamates (subject to hydrolysis) is 1. The molecule has 2 amide bonds. The number of ether oxygens (including phenoxy) is 1. The summed E-state index contributed by atoms with van der Waals surface area (Å²) in [6.07, 6.45) is 3.19. The van der Waals surface area contributed by atoms with Gasteiger partial charge in [-0.05, 0) is 47.4 Å². The van der Waals surface area contributed by atoms with E-state index in [9.17, 15) is 14.4 Å². The standard InChI is InChI=1S/C28H34N2O5/c1-2-15-30(16-14-27(32)33)26(31)17-19-8-7-13-25(19)29-28(34)35-18-24-22-11-5-3-9-20(22)21-10-4-6-12-23(21)24/h3-6,9-12,19,24-25H,2,7-8,13-18H2,1H3,(H,29,34)(H,32,33). The molecule has 1 saturated carbocycles. The third kappa shape index (κ3) is 5.84. The van der Waals surface area contributed by atoms with Crippen molar-refractivity contribution in [3.8, 4) is 11.1 Å². The van der Waals surface area contributed by atoms with Gasteiger partial charge in [0.2, 0.25) is 5.91 Å². The molecular formula is C28H34N2O5. The molecule has 35 heavy (non-hydrogen) atoms. The molecule has 0 bridgehead atoms. The van der Waals surface area contributed by atoms with E-state index in [0.717, 1.165) is 25.7 Å². The molecule has 7 nitrogen and oxygen atoms in total. The fourth-order valence-electron chi connectivity index (χ4n) is 5.48. The van der Waals surface area contributed by atoms with E-state index < -0.39 is 12.1 Å². The Morgan fingerprint density at radius 2 is 1.66 bits per heavy atom. The van der Waals surface area contributed by atoms with Crippen molar-refractivity contribution in [2.75, 3.05) is 19.7 Å². The van der Waals surface area contributed by atoms with Gasteiger partial charge < -0.3 is 20.1 Å². The molecule has 0 aromatic heterocycles. The number of hydrogen-bond acceptors (Lipinski definition) is 4. The number of rotatable bonds is 10. The first-order chi connectivity index (χ1) is 17.0. The lowest BCUT2D eigenvalue weighted by Crippen LogP contribution is -2.41. The van der Waals surface area contributed by atoms with Gasteiger partial charge in [0.15, 0.2) is 0 Å². The molecule has 4 rings (SSSR count). The van der Waals surface area contributed by atoms with E-state index in [1.807, 2.05) is 31.2 Å². The fourth-order valence-corrected chi connectivity index (χ4v) is 5.48. The van der Waals surface area contributed by atoms with Crippen molar-refractivity contribution in [2.45, 2.75) is 57.4 Å². The van der Waals surface area contributed by atoms with E-state index in [-0.39, 0.29) is 43.4 Å². The molecule has 0 saturated heterocycles. The van der Waals surface area contributed by atoms with E-state index in [2.05, 4.69) is 29.6 Å². The highest BCUT2D eigenvalue weighted by molar-refractivity contribution is 5.79. The normalized spacial score (nSPS) is 18.5. The van der Waals surface area contributed by atoms with Gasteiger partial charge in [-0.1, -0.05) is 61.9 Å². The van der Waals surface area contributed by atoms with Crippen molar-refractivity contribution < 1.29 is 24.2 Å². The summed E-state index contributed by atoms with van der Waals surface area (Å²) in [5.74, 6) is -0.910. The van der Waals surface area contributed by atoms with Crippen LogP contribution >= 0.6 is 0 Å². The number of fused-ring (bicyclic) bond motifs is 3. The number of nitrogens with one attached hydrogen (secondary N) is 1. The number of carboxylic acid groups (broad SMARTS) is 1. The molecule has 0 spiro atoms. The first-order valence-electron chi connectivity index (χ1n) is 12.6. The van der Waals surface area contributed by atoms with E-state index in [0.29, 0.717) is 13.0 Å². The second kappa shape index (κ2) is 11.4. The zero-order chi connectivity index (χ0) is 24.8. The minimum atomic E-state index is -0.908. The third-order valence-electron chi connectivity index (χ3n) is 7.18. The molecule has 7 heteroatoms. The molecule has 0 radical (unpaired) electrons. The van der Waals surface area contributed by atoms with Crippen LogP contribution in [0.1, 0.15) is 62.5 Å². The monoisotopic (exact) mass is 478 g/mol. The molecular weight excluding hydrogens is 444 g/mol. The minimum Gasteiger partial charge on any atom is -0.481 e. The molecule has 186 valence electrons. The van der Waals surface area contributed by atoms with Crippen molar-refractivity contribution >= 4 is 18.0 Å². The molecule has 2 aromatic rings. The lowest BCUT2D eigenvalue weighted by molar-refractivity contribution is -0.138. The van der Waals surface area contributed by atoms with Gasteiger partial charge in [0.05, 0.1) is 6.42 Å². The van der Waals surface area contributed by atoms with E-state index in [1.54, 1.807) is 4.90 Å². The summed E-state index contributed by atoms with van der Waals surface area (Å²) in [4.78, 5) is 38.2. The summed E-state index contributed by atoms with van der Waals surface area (Å²) in [6.45, 7) is 3.00. The van der Waals surface area contributed by atoms with Crippen molar-refractivity contribution in [2.24, 2.45) is 5.92 Å². The number of carbonyl (C=O) groups is 3. The van der Waals surface area contributed by atoms with Crippen LogP contribution in [-0.4, -0.2) is 53.7 Å². The quantitative estimate of drug-likeness (QED) is 0.512. The first-order valence-corrected chi connectivity index (χ1v) is 12.6. The molecule has 2 aliphatic rings. The number of benzene rings is 2. The highest BCUT2D eigenvalue weighted by atomic mass is 16.5. The van der Waals surface area contributed by atoms with Crippen LogP contribution in [0, 0.1) is 5.92 Å². The second-order valence-electron chi connectivity index (χ2n) is 9.50. The van der Waals surface area contributed by atoms with Crippen molar-refractivity contribution in [3.63, 3.8) is 0 Å². The van der Waals surface area contributed by atoms with Crippen molar-refractivity contribution in [3.05, 3.63) is 59.7 Å². The van der Waals surface area contributed by atoms with Crippen LogP contribution in [0.15, 0.2) is 48.5 Å². The van der Waals surface area contributed by atoms with Gasteiger partial charge in [0.1, 0.15) is 6.61 Å². The summed E-state index contributed by atoms with van der Waals surface area (Å²) in [5, 5.41) is 12.0. The zero-order valence-corrected chi connectivity index (χ0v) is 20.2. The van der Waals surface area contributed by atoms with Crippen molar-refractivity contribution in [1.82, 2.24) is 10.2 Å². The zero-order valence-electron chi connectivity index (χ0n) is 20.2. The highest BCUT2D eigenvalue weighted by Crippen LogP contribution is 2.44. The Hall–Kier alpha value is -3.35. The molecule has 2 aromatic carbocycles. The van der Waals surface area contributed by atoms with E-state index >= 15 is 0 Å². The minimum absolute atomic E-state index is 0.00550. The number of hydrogen-bond donors (Lipinski definition) is 2. The summed E-state index contributed by atoms with van der Waals surface area (Å²) in [7, 11) is 0. The molecule has 2 atom stereocenters. The van der Waals surface area contributed by atoms with E-state index in [1.165, 1.54) is 22.3 Å². The summed E-state index contributed by atoms with van der Waals surface area (Å²) >= 11 is 0. The molecule has 2 aliphatic carbocycles. The SMILES string of the molecule is CCCN(CCC(=O)O)C(=O)CC1CCCC1NC(=O)OCC1c2ccccc2-c2ccccc21. The molecule has 1 fully saturated rings. The van der Waals surface area contributed by atoms with Crippen LogP contribution in [0.3, 0.4) is 0 Å². The Bertz CT molecular complexity index is 1020. The predicted molar refractivity (Wildman–Crippen MR) is 133 cm³/mol. The van der Waals surface area contributed by atoms with Crippen LogP contribution in [0.4, 0.5) is 4.79 Å². The maximum absolute atomic E-state index is 12.9. The molecule has 2 N–H and O–H groups in total. The maximum atomic E-state index is 12.9. The molecule has 0 heterocycles. The number of aliphatic carboxylic acids is 1. The van der Waals surface area contributed by atoms with E-state index in [4.69, 9.17) is 9.84 Å². The highest BCUT2D eigenvalue weighted by Gasteiger charge is 2.33. The fraction of sp³-hybridized carbons (Fsp3) is 0.464. The average Bonchev–Trinajstić information content (AvgIpc) is 3.42. The average molecular weight is 479 g/mol. The molecule has 0 aliphatic heterocycles. The number of carboxylic acids is 1. The lowest BCUT2D eigenvalue weighted by atomic mass is 9.98. The molecule has 2 unspecified atom stereocenters. The second-order valence-corrected chi connectivity index (χ2v) is 9.50. The van der Waals surface area contributed by atoms with Gasteiger partial charge in [0, 0.05) is 31.5 Å². The van der Waals surface area contributed by atoms with Crippen molar-refractivity contribution in [1.29, 1.82) is 0 Å². The lowest BCUT2D eigenvalue weighted by Gasteiger charge is -2.26. The first kappa shape index (κ1) is 24.8. The Morgan fingerprint density at radius 3 is 2.29 bits per heavy atom. The van der Waals surface area contributed by atoms with Crippen LogP contribution in [-0.2, 0) is 14.3 Å². The number of nitrogens with zero attached hydrogens (tertiary/aromatic N) is 1. The number of amides is 2. The Morgan fingerprint density at radius 1 is 1.00 bits per heavy atom. The topological polar surface area (TPSA) is 95.9 Å². The summed E-state index contributed by atoms with van der Waals surface area (Å²) in [6, 6.07) is 16.3. The smallest absolute Gasteiger partial charge is 0.407 e. The maximum Gasteiger partial charge on any atom is 0.407 e. The Labute approximate surface area is 206 Å². The predicted octanol–water partition coefficient (Wildman–Crippen LogP) is 4.80. The number of carbonyl (C=O) groups excluding carboxylic acids is 2. The van der Waals surface area contributed by atoms with Gasteiger partial charge in [0.25, 0.3) is 0 Å². The van der Waals surface area contributed by atoms with Gasteiger partial charge >= 0.3 is 12.1 Å².